The van der Waals surface area contributed by atoms with Gasteiger partial charge >= 0.3 is 0 Å². The maximum atomic E-state index is 5.74. The highest BCUT2D eigenvalue weighted by Gasteiger charge is 2.18. The first-order valence-corrected chi connectivity index (χ1v) is 8.20. The predicted molar refractivity (Wildman–Crippen MR) is 90.8 cm³/mol. The average molecular weight is 308 g/mol. The molecule has 0 saturated carbocycles. The zero-order valence-corrected chi connectivity index (χ0v) is 13.5. The molecule has 4 rings (SSSR count). The summed E-state index contributed by atoms with van der Waals surface area (Å²) < 4.78 is 13.6. The molecule has 3 aromatic rings. The minimum absolute atomic E-state index is 0.596. The fourth-order valence-corrected chi connectivity index (χ4v) is 3.07. The number of aromatic nitrogens is 2. The normalized spacial score (nSPS) is 13.5. The highest BCUT2D eigenvalue weighted by atomic mass is 16.6. The molecule has 1 aliphatic rings. The molecule has 2 heterocycles. The zero-order valence-electron chi connectivity index (χ0n) is 13.5. The Kier molecular flexibility index (Phi) is 3.45. The van der Waals surface area contributed by atoms with Crippen LogP contribution in [0.2, 0.25) is 0 Å². The molecule has 1 aliphatic heterocycles. The van der Waals surface area contributed by atoms with Crippen molar-refractivity contribution >= 4 is 11.0 Å². The van der Waals surface area contributed by atoms with Gasteiger partial charge in [-0.25, -0.2) is 4.98 Å². The number of hydrogen-bond acceptors (Lipinski definition) is 3. The van der Waals surface area contributed by atoms with E-state index in [9.17, 15) is 0 Å². The van der Waals surface area contributed by atoms with Gasteiger partial charge < -0.3 is 9.47 Å². The second kappa shape index (κ2) is 5.61. The first-order chi connectivity index (χ1) is 11.3. The molecule has 0 amide bonds. The number of aryl methyl sites for hydroxylation is 2. The van der Waals surface area contributed by atoms with Crippen molar-refractivity contribution in [2.45, 2.75) is 26.7 Å². The number of rotatable bonds is 3. The molecule has 118 valence electrons. The van der Waals surface area contributed by atoms with Crippen LogP contribution in [0.25, 0.3) is 16.7 Å². The third kappa shape index (κ3) is 2.34. The third-order valence-corrected chi connectivity index (χ3v) is 4.31. The lowest BCUT2D eigenvalue weighted by molar-refractivity contribution is 0.172. The summed E-state index contributed by atoms with van der Waals surface area (Å²) in [4.78, 5) is 4.79. The Morgan fingerprint density at radius 1 is 0.957 bits per heavy atom. The van der Waals surface area contributed by atoms with Gasteiger partial charge in [0.05, 0.1) is 11.0 Å². The topological polar surface area (TPSA) is 36.3 Å². The van der Waals surface area contributed by atoms with Gasteiger partial charge in [-0.15, -0.1) is 0 Å². The molecular formula is C19H20N2O2. The number of hydrogen-bond donors (Lipinski definition) is 0. The first kappa shape index (κ1) is 14.1. The second-order valence-corrected chi connectivity index (χ2v) is 5.72. The lowest BCUT2D eigenvalue weighted by Crippen LogP contribution is -2.15. The Morgan fingerprint density at radius 2 is 1.65 bits per heavy atom. The molecule has 0 aliphatic carbocycles. The summed E-state index contributed by atoms with van der Waals surface area (Å²) in [7, 11) is 0. The van der Waals surface area contributed by atoms with Crippen LogP contribution in [0.15, 0.2) is 36.4 Å². The van der Waals surface area contributed by atoms with Gasteiger partial charge in [0.2, 0.25) is 0 Å². The Bertz CT molecular complexity index is 850. The van der Waals surface area contributed by atoms with Crippen molar-refractivity contribution in [3.8, 4) is 17.2 Å². The van der Waals surface area contributed by atoms with E-state index in [1.54, 1.807) is 0 Å². The summed E-state index contributed by atoms with van der Waals surface area (Å²) in [5.74, 6) is 2.64. The van der Waals surface area contributed by atoms with Crippen molar-refractivity contribution < 1.29 is 9.47 Å². The maximum absolute atomic E-state index is 5.74. The van der Waals surface area contributed by atoms with Crippen LogP contribution in [0.5, 0.6) is 11.5 Å². The molecule has 0 atom stereocenters. The Hall–Kier alpha value is -2.49. The van der Waals surface area contributed by atoms with Crippen LogP contribution in [0.1, 0.15) is 25.2 Å². The fourth-order valence-electron chi connectivity index (χ4n) is 3.07. The lowest BCUT2D eigenvalue weighted by atomic mass is 10.1. The van der Waals surface area contributed by atoms with Crippen LogP contribution in [-0.4, -0.2) is 22.8 Å². The molecule has 0 N–H and O–H groups in total. The maximum Gasteiger partial charge on any atom is 0.163 e. The smallest absolute Gasteiger partial charge is 0.163 e. The third-order valence-electron chi connectivity index (χ3n) is 4.31. The van der Waals surface area contributed by atoms with E-state index in [2.05, 4.69) is 42.7 Å². The quantitative estimate of drug-likeness (QED) is 0.736. The molecule has 0 fully saturated rings. The van der Waals surface area contributed by atoms with Crippen molar-refractivity contribution in [2.75, 3.05) is 13.2 Å². The SMILES string of the molecule is CCc1ccc(-n2c(CC)nc3cc4c(cc32)OCCO4)cc1. The van der Waals surface area contributed by atoms with Gasteiger partial charge in [0.25, 0.3) is 0 Å². The van der Waals surface area contributed by atoms with Crippen molar-refractivity contribution in [1.82, 2.24) is 9.55 Å². The van der Waals surface area contributed by atoms with Crippen molar-refractivity contribution in [2.24, 2.45) is 0 Å². The van der Waals surface area contributed by atoms with Crippen LogP contribution in [0, 0.1) is 0 Å². The van der Waals surface area contributed by atoms with Crippen LogP contribution in [0.4, 0.5) is 0 Å². The van der Waals surface area contributed by atoms with E-state index in [0.29, 0.717) is 13.2 Å². The molecule has 0 unspecified atom stereocenters. The van der Waals surface area contributed by atoms with Gasteiger partial charge in [-0.05, 0) is 24.1 Å². The number of nitrogens with zero attached hydrogens (tertiary/aromatic N) is 2. The Labute approximate surface area is 135 Å². The molecule has 0 radical (unpaired) electrons. The van der Waals surface area contributed by atoms with Crippen molar-refractivity contribution in [3.63, 3.8) is 0 Å². The molecule has 0 spiro atoms. The van der Waals surface area contributed by atoms with Gasteiger partial charge in [0.15, 0.2) is 11.5 Å². The van der Waals surface area contributed by atoms with E-state index in [1.807, 2.05) is 12.1 Å². The number of fused-ring (bicyclic) bond motifs is 2. The molecule has 4 nitrogen and oxygen atoms in total. The molecule has 0 bridgehead atoms. The highest BCUT2D eigenvalue weighted by molar-refractivity contribution is 5.82. The number of imidazole rings is 1. The predicted octanol–water partition coefficient (Wildman–Crippen LogP) is 3.92. The number of benzene rings is 2. The molecule has 23 heavy (non-hydrogen) atoms. The van der Waals surface area contributed by atoms with Crippen LogP contribution >= 0.6 is 0 Å². The molecular weight excluding hydrogens is 288 g/mol. The monoisotopic (exact) mass is 308 g/mol. The van der Waals surface area contributed by atoms with E-state index in [4.69, 9.17) is 14.5 Å². The fraction of sp³-hybridized carbons (Fsp3) is 0.316. The lowest BCUT2D eigenvalue weighted by Gasteiger charge is -2.18. The number of ether oxygens (including phenoxy) is 2. The van der Waals surface area contributed by atoms with E-state index < -0.39 is 0 Å². The summed E-state index contributed by atoms with van der Waals surface area (Å²) >= 11 is 0. The van der Waals surface area contributed by atoms with E-state index in [1.165, 1.54) is 5.56 Å². The standard InChI is InChI=1S/C19H20N2O2/c1-3-13-5-7-14(8-6-13)21-16-12-18-17(22-9-10-23-18)11-15(16)20-19(21)4-2/h5-8,11-12H,3-4,9-10H2,1-2H3. The minimum atomic E-state index is 0.596. The summed E-state index contributed by atoms with van der Waals surface area (Å²) in [6.45, 7) is 5.49. The minimum Gasteiger partial charge on any atom is -0.486 e. The molecule has 0 saturated heterocycles. The largest absolute Gasteiger partial charge is 0.486 e. The van der Waals surface area contributed by atoms with Crippen molar-refractivity contribution in [1.29, 1.82) is 0 Å². The summed E-state index contributed by atoms with van der Waals surface area (Å²) in [6.07, 6.45) is 1.92. The van der Waals surface area contributed by atoms with Crippen LogP contribution < -0.4 is 9.47 Å². The van der Waals surface area contributed by atoms with Gasteiger partial charge in [-0.2, -0.15) is 0 Å². The van der Waals surface area contributed by atoms with Gasteiger partial charge in [0, 0.05) is 24.2 Å². The van der Waals surface area contributed by atoms with Crippen molar-refractivity contribution in [3.05, 3.63) is 47.8 Å². The summed E-state index contributed by atoms with van der Waals surface area (Å²) in [5, 5.41) is 0. The summed E-state index contributed by atoms with van der Waals surface area (Å²) in [6, 6.07) is 12.7. The molecule has 1 aromatic heterocycles. The van der Waals surface area contributed by atoms with Crippen LogP contribution in [-0.2, 0) is 12.8 Å². The molecule has 2 aromatic carbocycles. The zero-order chi connectivity index (χ0) is 15.8. The average Bonchev–Trinajstić information content (AvgIpc) is 2.97. The van der Waals surface area contributed by atoms with Gasteiger partial charge in [0.1, 0.15) is 19.0 Å². The Balaban J connectivity index is 1.92. The second-order valence-electron chi connectivity index (χ2n) is 5.72. The van der Waals surface area contributed by atoms with E-state index in [0.717, 1.165) is 46.9 Å². The van der Waals surface area contributed by atoms with E-state index >= 15 is 0 Å². The molecule has 4 heteroatoms. The first-order valence-electron chi connectivity index (χ1n) is 8.20. The van der Waals surface area contributed by atoms with Gasteiger partial charge in [-0.3, -0.25) is 4.57 Å². The van der Waals surface area contributed by atoms with E-state index in [-0.39, 0.29) is 0 Å². The van der Waals surface area contributed by atoms with Gasteiger partial charge in [-0.1, -0.05) is 26.0 Å². The Morgan fingerprint density at radius 3 is 2.30 bits per heavy atom. The van der Waals surface area contributed by atoms with Crippen LogP contribution in [0.3, 0.4) is 0 Å². The highest BCUT2D eigenvalue weighted by Crippen LogP contribution is 2.35. The summed E-state index contributed by atoms with van der Waals surface area (Å²) in [5.41, 5.74) is 4.49.